The second-order valence-corrected chi connectivity index (χ2v) is 9.63. The fraction of sp³-hybridized carbons (Fsp3) is 0.357. The van der Waals surface area contributed by atoms with Crippen molar-refractivity contribution in [3.05, 3.63) is 82.2 Å². The molecule has 1 unspecified atom stereocenters. The molecule has 6 heteroatoms. The smallest absolute Gasteiger partial charge is 0.247 e. The van der Waals surface area contributed by atoms with E-state index in [2.05, 4.69) is 46.6 Å². The van der Waals surface area contributed by atoms with E-state index in [9.17, 15) is 0 Å². The van der Waals surface area contributed by atoms with Gasteiger partial charge in [-0.25, -0.2) is 0 Å². The number of aryl methyl sites for hydroxylation is 4. The number of allylic oxidation sites excluding steroid dienone is 2. The average Bonchev–Trinajstić information content (AvgIpc) is 2.99. The summed E-state index contributed by atoms with van der Waals surface area (Å²) in [6, 6.07) is 14.7. The molecule has 6 nitrogen and oxygen atoms in total. The van der Waals surface area contributed by atoms with Gasteiger partial charge in [-0.15, -0.1) is 5.10 Å². The number of aromatic nitrogens is 3. The van der Waals surface area contributed by atoms with Crippen LogP contribution in [0.2, 0.25) is 0 Å². The van der Waals surface area contributed by atoms with Crippen molar-refractivity contribution in [3.8, 4) is 0 Å². The molecular formula is C28H32N6. The van der Waals surface area contributed by atoms with E-state index in [4.69, 9.17) is 10.8 Å². The molecule has 0 saturated carbocycles. The van der Waals surface area contributed by atoms with Crippen LogP contribution in [0.4, 0.5) is 11.6 Å². The highest BCUT2D eigenvalue weighted by Gasteiger charge is 2.18. The Labute approximate surface area is 201 Å². The van der Waals surface area contributed by atoms with Crippen LogP contribution in [-0.4, -0.2) is 26.3 Å². The third-order valence-electron chi connectivity index (χ3n) is 7.08. The largest absolute Gasteiger partial charge is 0.323 e. The molecular weight excluding hydrogens is 420 g/mol. The number of hydrogen-bond acceptors (Lipinski definition) is 5. The summed E-state index contributed by atoms with van der Waals surface area (Å²) in [4.78, 5) is 4.55. The topological polar surface area (TPSA) is 90.4 Å². The molecule has 1 aromatic heterocycles. The van der Waals surface area contributed by atoms with Gasteiger partial charge in [-0.2, -0.15) is 9.67 Å². The van der Waals surface area contributed by atoms with Gasteiger partial charge in [0.1, 0.15) is 11.7 Å². The third-order valence-corrected chi connectivity index (χ3v) is 7.08. The zero-order valence-corrected chi connectivity index (χ0v) is 20.0. The van der Waals surface area contributed by atoms with Crippen molar-refractivity contribution in [1.29, 1.82) is 10.8 Å². The molecule has 1 heterocycles. The summed E-state index contributed by atoms with van der Waals surface area (Å²) in [7, 11) is 0. The van der Waals surface area contributed by atoms with Gasteiger partial charge in [-0.1, -0.05) is 37.3 Å². The molecule has 174 valence electrons. The molecule has 5 rings (SSSR count). The van der Waals surface area contributed by atoms with E-state index in [1.54, 1.807) is 10.8 Å². The fourth-order valence-corrected chi connectivity index (χ4v) is 5.05. The molecule has 34 heavy (non-hydrogen) atoms. The number of nitrogens with zero attached hydrogens (tertiary/aromatic N) is 3. The number of fused-ring (bicyclic) bond motifs is 2. The lowest BCUT2D eigenvalue weighted by Gasteiger charge is -2.09. The predicted molar refractivity (Wildman–Crippen MR) is 138 cm³/mol. The van der Waals surface area contributed by atoms with E-state index in [1.165, 1.54) is 29.5 Å². The Balaban J connectivity index is 1.35. The molecule has 2 aliphatic carbocycles. The first-order chi connectivity index (χ1) is 16.5. The Kier molecular flexibility index (Phi) is 6.14. The van der Waals surface area contributed by atoms with Gasteiger partial charge in [0.15, 0.2) is 0 Å². The van der Waals surface area contributed by atoms with Crippen LogP contribution in [-0.2, 0) is 19.3 Å². The highest BCUT2D eigenvalue weighted by Crippen LogP contribution is 2.28. The van der Waals surface area contributed by atoms with Crippen LogP contribution in [0.5, 0.6) is 0 Å². The van der Waals surface area contributed by atoms with E-state index in [1.807, 2.05) is 25.1 Å². The van der Waals surface area contributed by atoms with Crippen LogP contribution in [0.3, 0.4) is 0 Å². The standard InChI is InChI=1S/C28H32N6/c1-18-10-12-20-14-15-24(16-22(20)13-11-18)32-28-31-19(2)34(33-28)26(29)17-23-8-5-7-21-6-3-4-9-25(21)27(23)30/h3-4,6,9,14-18,29-30H,5,7-8,10-13H2,1-2H3,(H,32,33). The van der Waals surface area contributed by atoms with Crippen molar-refractivity contribution in [1.82, 2.24) is 14.8 Å². The third kappa shape index (κ3) is 4.58. The molecule has 0 amide bonds. The van der Waals surface area contributed by atoms with Gasteiger partial charge < -0.3 is 5.32 Å². The van der Waals surface area contributed by atoms with Crippen LogP contribution >= 0.6 is 0 Å². The highest BCUT2D eigenvalue weighted by molar-refractivity contribution is 6.14. The minimum absolute atomic E-state index is 0.230. The Bertz CT molecular complexity index is 1280. The van der Waals surface area contributed by atoms with Gasteiger partial charge in [0.2, 0.25) is 5.95 Å². The summed E-state index contributed by atoms with van der Waals surface area (Å²) < 4.78 is 1.55. The second-order valence-electron chi connectivity index (χ2n) is 9.63. The Morgan fingerprint density at radius 1 is 1.03 bits per heavy atom. The van der Waals surface area contributed by atoms with Gasteiger partial charge in [-0.3, -0.25) is 10.8 Å². The maximum absolute atomic E-state index is 8.71. The fourth-order valence-electron chi connectivity index (χ4n) is 5.05. The van der Waals surface area contributed by atoms with Crippen molar-refractivity contribution in [2.75, 3.05) is 5.32 Å². The van der Waals surface area contributed by atoms with Crippen LogP contribution in [0, 0.1) is 23.7 Å². The van der Waals surface area contributed by atoms with Crippen molar-refractivity contribution >= 4 is 23.2 Å². The van der Waals surface area contributed by atoms with Crippen molar-refractivity contribution in [2.24, 2.45) is 5.92 Å². The quantitative estimate of drug-likeness (QED) is 0.258. The van der Waals surface area contributed by atoms with Gasteiger partial charge in [0.25, 0.3) is 0 Å². The highest BCUT2D eigenvalue weighted by atomic mass is 15.4. The molecule has 0 radical (unpaired) electrons. The maximum atomic E-state index is 8.71. The predicted octanol–water partition coefficient (Wildman–Crippen LogP) is 6.00. The summed E-state index contributed by atoms with van der Waals surface area (Å²) >= 11 is 0. The Hall–Kier alpha value is -3.54. The summed E-state index contributed by atoms with van der Waals surface area (Å²) in [6.07, 6.45) is 9.23. The molecule has 0 bridgehead atoms. The lowest BCUT2D eigenvalue weighted by Crippen LogP contribution is -2.14. The summed E-state index contributed by atoms with van der Waals surface area (Å²) in [5.41, 5.74) is 7.40. The number of anilines is 2. The first kappa shape index (κ1) is 22.3. The van der Waals surface area contributed by atoms with Crippen LogP contribution in [0.1, 0.15) is 60.7 Å². The Morgan fingerprint density at radius 3 is 2.68 bits per heavy atom. The molecule has 3 N–H and O–H groups in total. The van der Waals surface area contributed by atoms with E-state index >= 15 is 0 Å². The number of hydrogen-bond donors (Lipinski definition) is 3. The lowest BCUT2D eigenvalue weighted by molar-refractivity contribution is 0.510. The Morgan fingerprint density at radius 2 is 1.82 bits per heavy atom. The summed E-state index contributed by atoms with van der Waals surface area (Å²) in [5.74, 6) is 2.14. The van der Waals surface area contributed by atoms with E-state index < -0.39 is 0 Å². The van der Waals surface area contributed by atoms with Crippen molar-refractivity contribution in [3.63, 3.8) is 0 Å². The molecule has 0 aliphatic heterocycles. The maximum Gasteiger partial charge on any atom is 0.247 e. The summed E-state index contributed by atoms with van der Waals surface area (Å²) in [5, 5.41) is 25.3. The minimum atomic E-state index is 0.230. The van der Waals surface area contributed by atoms with Crippen LogP contribution in [0.25, 0.3) is 0 Å². The lowest BCUT2D eigenvalue weighted by atomic mass is 9.99. The molecule has 0 spiro atoms. The molecule has 2 aliphatic rings. The molecule has 0 fully saturated rings. The van der Waals surface area contributed by atoms with Crippen molar-refractivity contribution < 1.29 is 0 Å². The van der Waals surface area contributed by atoms with Gasteiger partial charge in [0, 0.05) is 11.3 Å². The molecule has 3 aromatic rings. The second kappa shape index (κ2) is 9.37. The summed E-state index contributed by atoms with van der Waals surface area (Å²) in [6.45, 7) is 4.20. The molecule has 0 saturated heterocycles. The number of benzene rings is 2. The van der Waals surface area contributed by atoms with Gasteiger partial charge >= 0.3 is 0 Å². The zero-order valence-electron chi connectivity index (χ0n) is 20.0. The van der Waals surface area contributed by atoms with Crippen molar-refractivity contribution in [2.45, 2.75) is 58.8 Å². The molecule has 2 aromatic carbocycles. The monoisotopic (exact) mass is 452 g/mol. The van der Waals surface area contributed by atoms with Crippen LogP contribution < -0.4 is 5.32 Å². The SMILES string of the molecule is Cc1nc(Nc2ccc3c(c2)CCC(C)CC3)nn1C(=N)C=C1CCCc2ccccc2C1=N. The minimum Gasteiger partial charge on any atom is -0.323 e. The normalized spacial score (nSPS) is 19.2. The first-order valence-electron chi connectivity index (χ1n) is 12.3. The van der Waals surface area contributed by atoms with E-state index in [0.29, 0.717) is 17.5 Å². The van der Waals surface area contributed by atoms with Gasteiger partial charge in [-0.05, 0) is 98.3 Å². The van der Waals surface area contributed by atoms with Crippen LogP contribution in [0.15, 0.2) is 54.1 Å². The number of rotatable bonds is 3. The van der Waals surface area contributed by atoms with Gasteiger partial charge in [0.05, 0.1) is 5.71 Å². The zero-order chi connectivity index (χ0) is 23.7. The van der Waals surface area contributed by atoms with E-state index in [0.717, 1.165) is 54.8 Å². The molecule has 1 atom stereocenters. The van der Waals surface area contributed by atoms with E-state index in [-0.39, 0.29) is 5.84 Å². The first-order valence-corrected chi connectivity index (χ1v) is 12.3. The average molecular weight is 453 g/mol. The number of nitrogens with one attached hydrogen (secondary N) is 3.